The maximum Gasteiger partial charge on any atom is 0.334 e. The Morgan fingerprint density at radius 2 is 1.03 bits per heavy atom. The smallest absolute Gasteiger partial charge is 0.334 e. The van der Waals surface area contributed by atoms with Gasteiger partial charge >= 0.3 is 11.9 Å². The monoisotopic (exact) mass is 440 g/mol. The minimum absolute atomic E-state index is 0.0254. The molecule has 0 aromatic heterocycles. The zero-order valence-corrected chi connectivity index (χ0v) is 19.4. The number of esters is 2. The number of methoxy groups -OCH3 is 2. The average Bonchev–Trinajstić information content (AvgIpc) is 3.56. The van der Waals surface area contributed by atoms with Crippen LogP contribution in [0.5, 0.6) is 0 Å². The van der Waals surface area contributed by atoms with E-state index in [1.807, 2.05) is 50.2 Å². The Morgan fingerprint density at radius 3 is 1.36 bits per heavy atom. The number of hydrogen-bond acceptors (Lipinski definition) is 4. The Morgan fingerprint density at radius 1 is 0.667 bits per heavy atom. The highest BCUT2D eigenvalue weighted by Gasteiger charge is 2.66. The number of fused-ring (bicyclic) bond motifs is 4. The molecular formula is C29H28O4. The van der Waals surface area contributed by atoms with Crippen molar-refractivity contribution in [2.75, 3.05) is 14.2 Å². The molecular weight excluding hydrogens is 412 g/mol. The first-order valence-corrected chi connectivity index (χ1v) is 11.4. The summed E-state index contributed by atoms with van der Waals surface area (Å²) in [7, 11) is 2.87. The number of rotatable bonds is 4. The third-order valence-corrected chi connectivity index (χ3v) is 7.61. The van der Waals surface area contributed by atoms with Crippen LogP contribution in [0.25, 0.3) is 11.1 Å². The summed E-state index contributed by atoms with van der Waals surface area (Å²) >= 11 is 0. The predicted molar refractivity (Wildman–Crippen MR) is 128 cm³/mol. The lowest BCUT2D eigenvalue weighted by Gasteiger charge is -2.41. The number of ether oxygens (including phenoxy) is 2. The van der Waals surface area contributed by atoms with E-state index in [2.05, 4.69) is 24.3 Å². The van der Waals surface area contributed by atoms with E-state index in [9.17, 15) is 9.59 Å². The van der Waals surface area contributed by atoms with Gasteiger partial charge in [-0.15, -0.1) is 0 Å². The Bertz CT molecular complexity index is 1120. The van der Waals surface area contributed by atoms with Crippen molar-refractivity contribution in [3.05, 3.63) is 94.1 Å². The summed E-state index contributed by atoms with van der Waals surface area (Å²) in [4.78, 5) is 26.4. The fourth-order valence-corrected chi connectivity index (χ4v) is 6.11. The molecule has 2 fully saturated rings. The SMILES string of the molecule is COC(=O)C1=C(C)/C(c2ccccc2)=C(c2ccccc2)\C(C)=C(\C(=O)OC)C2C3CC3C12. The second kappa shape index (κ2) is 8.18. The molecule has 0 spiro atoms. The van der Waals surface area contributed by atoms with Crippen LogP contribution in [-0.4, -0.2) is 26.2 Å². The van der Waals surface area contributed by atoms with Crippen LogP contribution >= 0.6 is 0 Å². The van der Waals surface area contributed by atoms with Crippen molar-refractivity contribution in [3.8, 4) is 0 Å². The minimum atomic E-state index is -0.308. The Balaban J connectivity index is 1.93. The van der Waals surface area contributed by atoms with Gasteiger partial charge in [0.25, 0.3) is 0 Å². The quantitative estimate of drug-likeness (QED) is 0.592. The van der Waals surface area contributed by atoms with Gasteiger partial charge in [-0.3, -0.25) is 0 Å². The maximum absolute atomic E-state index is 13.2. The molecule has 0 aliphatic heterocycles. The fraction of sp³-hybridized carbons (Fsp3) is 0.310. The second-order valence-electron chi connectivity index (χ2n) is 9.16. The molecule has 0 bridgehead atoms. The van der Waals surface area contributed by atoms with E-state index in [4.69, 9.17) is 9.47 Å². The van der Waals surface area contributed by atoms with Gasteiger partial charge in [0.05, 0.1) is 14.2 Å². The van der Waals surface area contributed by atoms with Gasteiger partial charge < -0.3 is 9.47 Å². The van der Waals surface area contributed by atoms with Crippen molar-refractivity contribution in [2.45, 2.75) is 20.3 Å². The third-order valence-electron chi connectivity index (χ3n) is 7.61. The van der Waals surface area contributed by atoms with Crippen LogP contribution in [-0.2, 0) is 19.1 Å². The molecule has 0 amide bonds. The topological polar surface area (TPSA) is 52.6 Å². The number of hydrogen-bond donors (Lipinski definition) is 0. The summed E-state index contributed by atoms with van der Waals surface area (Å²) in [6.45, 7) is 4.06. The van der Waals surface area contributed by atoms with Gasteiger partial charge in [-0.05, 0) is 65.5 Å². The van der Waals surface area contributed by atoms with Gasteiger partial charge in [0.2, 0.25) is 0 Å². The molecule has 0 heterocycles. The van der Waals surface area contributed by atoms with Crippen LogP contribution < -0.4 is 0 Å². The van der Waals surface area contributed by atoms with Crippen molar-refractivity contribution >= 4 is 23.1 Å². The zero-order chi connectivity index (χ0) is 23.3. The van der Waals surface area contributed by atoms with Crippen molar-refractivity contribution in [2.24, 2.45) is 23.7 Å². The summed E-state index contributed by atoms with van der Waals surface area (Å²) in [6.07, 6.45) is 1.03. The molecule has 3 aliphatic rings. The van der Waals surface area contributed by atoms with E-state index < -0.39 is 0 Å². The summed E-state index contributed by atoms with van der Waals surface area (Å²) in [5.74, 6) is 0.170. The van der Waals surface area contributed by atoms with Gasteiger partial charge in [0, 0.05) is 23.0 Å². The predicted octanol–water partition coefficient (Wildman–Crippen LogP) is 5.47. The van der Waals surface area contributed by atoms with Crippen molar-refractivity contribution in [3.63, 3.8) is 0 Å². The van der Waals surface area contributed by atoms with Gasteiger partial charge in [0.15, 0.2) is 0 Å². The number of carbonyl (C=O) groups excluding carboxylic acids is 2. The van der Waals surface area contributed by atoms with Crippen molar-refractivity contribution in [1.82, 2.24) is 0 Å². The lowest BCUT2D eigenvalue weighted by molar-refractivity contribution is -0.140. The molecule has 4 nitrogen and oxygen atoms in total. The molecule has 0 N–H and O–H groups in total. The van der Waals surface area contributed by atoms with E-state index in [0.29, 0.717) is 23.0 Å². The molecule has 0 saturated heterocycles. The molecule has 2 saturated carbocycles. The highest BCUT2D eigenvalue weighted by molar-refractivity contribution is 6.10. The molecule has 2 aromatic rings. The Labute approximate surface area is 194 Å². The average molecular weight is 441 g/mol. The second-order valence-corrected chi connectivity index (χ2v) is 9.16. The standard InChI is InChI=1S/C29H28O4/c1-16-22(18-11-7-5-8-12-18)23(19-13-9-6-10-14-19)17(2)25(29(31)33-4)27-21-15-20(21)26(27)24(16)28(30)32-3/h5-14,20-21,26-27H,15H2,1-4H3/b23-22-,24-16+,25-17?. The largest absolute Gasteiger partial charge is 0.466 e. The summed E-state index contributed by atoms with van der Waals surface area (Å²) in [5.41, 5.74) is 7.18. The van der Waals surface area contributed by atoms with Crippen LogP contribution in [0.3, 0.4) is 0 Å². The van der Waals surface area contributed by atoms with Gasteiger partial charge in [-0.1, -0.05) is 60.7 Å². The highest BCUT2D eigenvalue weighted by Crippen LogP contribution is 2.70. The summed E-state index contributed by atoms with van der Waals surface area (Å²) in [6, 6.07) is 20.2. The lowest BCUT2D eigenvalue weighted by Crippen LogP contribution is -2.39. The number of allylic oxidation sites excluding steroid dienone is 4. The van der Waals surface area contributed by atoms with E-state index in [1.165, 1.54) is 14.2 Å². The van der Waals surface area contributed by atoms with Crippen molar-refractivity contribution < 1.29 is 19.1 Å². The minimum Gasteiger partial charge on any atom is -0.466 e. The number of carbonyl (C=O) groups is 2. The van der Waals surface area contributed by atoms with E-state index in [1.54, 1.807) is 0 Å². The maximum atomic E-state index is 13.2. The van der Waals surface area contributed by atoms with Gasteiger partial charge in [-0.25, -0.2) is 9.59 Å². The highest BCUT2D eigenvalue weighted by atomic mass is 16.5. The molecule has 33 heavy (non-hydrogen) atoms. The molecule has 5 rings (SSSR count). The molecule has 4 atom stereocenters. The van der Waals surface area contributed by atoms with Gasteiger partial charge in [-0.2, -0.15) is 0 Å². The van der Waals surface area contributed by atoms with Crippen molar-refractivity contribution in [1.29, 1.82) is 0 Å². The third kappa shape index (κ3) is 3.28. The first kappa shape index (κ1) is 21.4. The normalized spacial score (nSPS) is 30.3. The summed E-state index contributed by atoms with van der Waals surface area (Å²) in [5, 5.41) is 0. The molecule has 2 aromatic carbocycles. The van der Waals surface area contributed by atoms with Crippen LogP contribution in [0.1, 0.15) is 31.4 Å². The van der Waals surface area contributed by atoms with Crippen LogP contribution in [0.4, 0.5) is 0 Å². The van der Waals surface area contributed by atoms with E-state index in [0.717, 1.165) is 39.8 Å². The zero-order valence-electron chi connectivity index (χ0n) is 19.4. The summed E-state index contributed by atoms with van der Waals surface area (Å²) < 4.78 is 10.6. The fourth-order valence-electron chi connectivity index (χ4n) is 6.11. The van der Waals surface area contributed by atoms with Gasteiger partial charge in [0.1, 0.15) is 0 Å². The first-order chi connectivity index (χ1) is 16.0. The Kier molecular flexibility index (Phi) is 5.32. The van der Waals surface area contributed by atoms with E-state index >= 15 is 0 Å². The van der Waals surface area contributed by atoms with Crippen LogP contribution in [0.15, 0.2) is 83.0 Å². The van der Waals surface area contributed by atoms with E-state index in [-0.39, 0.29) is 23.8 Å². The molecule has 4 unspecified atom stereocenters. The molecule has 4 heteroatoms. The van der Waals surface area contributed by atoms with Crippen LogP contribution in [0.2, 0.25) is 0 Å². The lowest BCUT2D eigenvalue weighted by atomic mass is 9.62. The van der Waals surface area contributed by atoms with Crippen LogP contribution in [0, 0.1) is 23.7 Å². The molecule has 168 valence electrons. The first-order valence-electron chi connectivity index (χ1n) is 11.4. The molecule has 0 radical (unpaired) electrons. The molecule has 3 aliphatic carbocycles. The Hall–Kier alpha value is -3.40. The number of benzene rings is 2.